The first-order valence-electron chi connectivity index (χ1n) is 18.3. The van der Waals surface area contributed by atoms with Gasteiger partial charge in [0.05, 0.1) is 5.39 Å². The quantitative estimate of drug-likeness (QED) is 0.165. The number of furan rings is 1. The van der Waals surface area contributed by atoms with Gasteiger partial charge in [0.1, 0.15) is 16.9 Å². The van der Waals surface area contributed by atoms with E-state index in [4.69, 9.17) is 24.4 Å². The Balaban J connectivity index is 1.10. The Labute approximate surface area is 318 Å². The summed E-state index contributed by atoms with van der Waals surface area (Å²) in [5, 5.41) is 1.81. The van der Waals surface area contributed by atoms with Gasteiger partial charge in [0.25, 0.3) is 0 Å². The van der Waals surface area contributed by atoms with Crippen LogP contribution >= 0.6 is 0 Å². The van der Waals surface area contributed by atoms with E-state index in [-0.39, 0.29) is 0 Å². The van der Waals surface area contributed by atoms with E-state index in [0.29, 0.717) is 23.2 Å². The highest BCUT2D eigenvalue weighted by Gasteiger charge is 2.21. The second kappa shape index (κ2) is 13.8. The third-order valence-corrected chi connectivity index (χ3v) is 10.1. The highest BCUT2D eigenvalue weighted by molar-refractivity contribution is 6.14. The summed E-state index contributed by atoms with van der Waals surface area (Å²) in [5.41, 5.74) is 12.9. The van der Waals surface area contributed by atoms with Crippen LogP contribution in [0.3, 0.4) is 0 Å². The largest absolute Gasteiger partial charge is 0.455 e. The molecule has 3 aromatic heterocycles. The molecule has 0 amide bonds. The van der Waals surface area contributed by atoms with Crippen LogP contribution in [0.5, 0.6) is 0 Å². The van der Waals surface area contributed by atoms with E-state index in [0.717, 1.165) is 66.4 Å². The minimum atomic E-state index is 0.477. The normalized spacial score (nSPS) is 11.3. The van der Waals surface area contributed by atoms with Crippen LogP contribution in [0.4, 0.5) is 0 Å². The monoisotopic (exact) mass is 704 g/mol. The number of hydrogen-bond acceptors (Lipinski definition) is 5. The molecule has 7 aromatic carbocycles. The topological polar surface area (TPSA) is 64.7 Å². The van der Waals surface area contributed by atoms with Gasteiger partial charge in [0, 0.05) is 28.3 Å². The molecule has 0 N–H and O–H groups in total. The minimum Gasteiger partial charge on any atom is -0.455 e. The highest BCUT2D eigenvalue weighted by atomic mass is 16.3. The molecule has 3 heterocycles. The van der Waals surface area contributed by atoms with Crippen molar-refractivity contribution < 1.29 is 4.42 Å². The van der Waals surface area contributed by atoms with E-state index >= 15 is 0 Å². The molecule has 5 nitrogen and oxygen atoms in total. The average Bonchev–Trinajstić information content (AvgIpc) is 3.67. The molecule has 55 heavy (non-hydrogen) atoms. The fourth-order valence-electron chi connectivity index (χ4n) is 7.24. The summed E-state index contributed by atoms with van der Waals surface area (Å²) in [6.45, 7) is 0. The van der Waals surface area contributed by atoms with Gasteiger partial charge in [-0.15, -0.1) is 0 Å². The van der Waals surface area contributed by atoms with Crippen LogP contribution in [0.15, 0.2) is 199 Å². The lowest BCUT2D eigenvalue weighted by molar-refractivity contribution is 0.669. The van der Waals surface area contributed by atoms with Crippen LogP contribution in [-0.4, -0.2) is 19.9 Å². The molecule has 0 saturated carbocycles. The van der Waals surface area contributed by atoms with Crippen molar-refractivity contribution in [1.29, 1.82) is 0 Å². The minimum absolute atomic E-state index is 0.477. The van der Waals surface area contributed by atoms with Gasteiger partial charge in [-0.05, 0) is 45.0 Å². The van der Waals surface area contributed by atoms with E-state index in [1.807, 2.05) is 24.3 Å². The Hall–Kier alpha value is -7.50. The Morgan fingerprint density at radius 3 is 1.24 bits per heavy atom. The Bertz CT molecular complexity index is 2820. The lowest BCUT2D eigenvalue weighted by atomic mass is 9.98. The van der Waals surface area contributed by atoms with Crippen molar-refractivity contribution in [2.45, 2.75) is 0 Å². The highest BCUT2D eigenvalue weighted by Crippen LogP contribution is 2.40. The molecule has 10 aromatic rings. The second-order valence-electron chi connectivity index (χ2n) is 13.5. The molecule has 0 bridgehead atoms. The molecule has 5 heteroatoms. The van der Waals surface area contributed by atoms with E-state index < -0.39 is 0 Å². The SMILES string of the molecule is c1ccc(-c2ccc(-c3nc(-c4ccc(-c5ccccc5)cc4)nc(-c4nccc5oc6c(-c7ccc(-c8ccccc8)cc7)cccc6c45)n3)cc2)cc1. The van der Waals surface area contributed by atoms with E-state index in [2.05, 4.69) is 164 Å². The number of para-hydroxylation sites is 1. The Morgan fingerprint density at radius 2 is 0.745 bits per heavy atom. The van der Waals surface area contributed by atoms with E-state index in [1.54, 1.807) is 6.20 Å². The third kappa shape index (κ3) is 6.14. The molecule has 10 rings (SSSR count). The van der Waals surface area contributed by atoms with E-state index in [1.165, 1.54) is 11.1 Å². The number of pyridine rings is 1. The molecule has 0 atom stereocenters. The van der Waals surface area contributed by atoms with Gasteiger partial charge in [-0.2, -0.15) is 0 Å². The number of hydrogen-bond donors (Lipinski definition) is 0. The Morgan fingerprint density at radius 1 is 0.327 bits per heavy atom. The predicted octanol–water partition coefficient (Wildman–Crippen LogP) is 12.8. The fourth-order valence-corrected chi connectivity index (χ4v) is 7.24. The zero-order valence-electron chi connectivity index (χ0n) is 29.7. The van der Waals surface area contributed by atoms with Crippen molar-refractivity contribution in [2.24, 2.45) is 0 Å². The molecule has 0 saturated heterocycles. The average molecular weight is 705 g/mol. The van der Waals surface area contributed by atoms with Gasteiger partial charge in [0.2, 0.25) is 0 Å². The number of nitrogens with zero attached hydrogens (tertiary/aromatic N) is 4. The van der Waals surface area contributed by atoms with Crippen molar-refractivity contribution in [3.05, 3.63) is 194 Å². The molecule has 0 spiro atoms. The summed E-state index contributed by atoms with van der Waals surface area (Å²) in [6.07, 6.45) is 1.76. The number of fused-ring (bicyclic) bond motifs is 3. The van der Waals surface area contributed by atoms with Crippen molar-refractivity contribution in [3.8, 4) is 78.8 Å². The lowest BCUT2D eigenvalue weighted by Crippen LogP contribution is -2.01. The van der Waals surface area contributed by atoms with Crippen molar-refractivity contribution in [3.63, 3.8) is 0 Å². The summed E-state index contributed by atoms with van der Waals surface area (Å²) in [6, 6.07) is 64.6. The summed E-state index contributed by atoms with van der Waals surface area (Å²) >= 11 is 0. The van der Waals surface area contributed by atoms with Crippen molar-refractivity contribution in [2.75, 3.05) is 0 Å². The van der Waals surface area contributed by atoms with Gasteiger partial charge in [-0.25, -0.2) is 15.0 Å². The van der Waals surface area contributed by atoms with Gasteiger partial charge >= 0.3 is 0 Å². The van der Waals surface area contributed by atoms with Gasteiger partial charge in [-0.3, -0.25) is 4.98 Å². The van der Waals surface area contributed by atoms with Gasteiger partial charge in [-0.1, -0.05) is 182 Å². The van der Waals surface area contributed by atoms with Crippen LogP contribution in [0.25, 0.3) is 101 Å². The standard InChI is InChI=1S/C50H32N4O/c1-4-11-33(12-5-1)36-19-25-39(26-20-36)42-17-10-18-43-45-44(55-47(42)43)31-32-51-46(45)50-53-48(40-27-21-37(22-28-40)34-13-6-2-7-14-34)52-49(54-50)41-29-23-38(24-30-41)35-15-8-3-9-16-35/h1-32H. The second-order valence-corrected chi connectivity index (χ2v) is 13.5. The zero-order chi connectivity index (χ0) is 36.6. The number of rotatable bonds is 7. The molecule has 0 aliphatic rings. The van der Waals surface area contributed by atoms with Gasteiger partial charge in [0.15, 0.2) is 17.5 Å². The summed E-state index contributed by atoms with van der Waals surface area (Å²) in [4.78, 5) is 20.1. The zero-order valence-corrected chi connectivity index (χ0v) is 29.7. The Kier molecular flexibility index (Phi) is 8.08. The smallest absolute Gasteiger partial charge is 0.183 e. The van der Waals surface area contributed by atoms with E-state index in [9.17, 15) is 0 Å². The molecule has 0 aliphatic carbocycles. The fraction of sp³-hybridized carbons (Fsp3) is 0. The summed E-state index contributed by atoms with van der Waals surface area (Å²) in [5.74, 6) is 1.61. The summed E-state index contributed by atoms with van der Waals surface area (Å²) in [7, 11) is 0. The van der Waals surface area contributed by atoms with Crippen molar-refractivity contribution >= 4 is 21.9 Å². The van der Waals surface area contributed by atoms with Crippen LogP contribution < -0.4 is 0 Å². The molecule has 0 radical (unpaired) electrons. The first kappa shape index (κ1) is 32.2. The van der Waals surface area contributed by atoms with Crippen LogP contribution in [0, 0.1) is 0 Å². The lowest BCUT2D eigenvalue weighted by Gasteiger charge is -2.10. The maximum Gasteiger partial charge on any atom is 0.183 e. The molecule has 258 valence electrons. The molecule has 0 unspecified atom stereocenters. The third-order valence-electron chi connectivity index (χ3n) is 10.1. The first-order chi connectivity index (χ1) is 27.2. The maximum atomic E-state index is 6.64. The van der Waals surface area contributed by atoms with Crippen LogP contribution in [-0.2, 0) is 0 Å². The molecular weight excluding hydrogens is 673 g/mol. The number of benzene rings is 7. The van der Waals surface area contributed by atoms with Crippen LogP contribution in [0.1, 0.15) is 0 Å². The molecule has 0 fully saturated rings. The van der Waals surface area contributed by atoms with Crippen molar-refractivity contribution in [1.82, 2.24) is 19.9 Å². The maximum absolute atomic E-state index is 6.64. The van der Waals surface area contributed by atoms with Crippen LogP contribution in [0.2, 0.25) is 0 Å². The van der Waals surface area contributed by atoms with Gasteiger partial charge < -0.3 is 4.42 Å². The summed E-state index contributed by atoms with van der Waals surface area (Å²) < 4.78 is 6.64. The number of aromatic nitrogens is 4. The first-order valence-corrected chi connectivity index (χ1v) is 18.3. The molecular formula is C50H32N4O. The predicted molar refractivity (Wildman–Crippen MR) is 223 cm³/mol. The molecule has 0 aliphatic heterocycles.